The Balaban J connectivity index is -0.000000307. The van der Waals surface area contributed by atoms with Gasteiger partial charge in [0.2, 0.25) is 0 Å². The van der Waals surface area contributed by atoms with E-state index in [1.54, 1.807) is 18.2 Å². The first-order valence-corrected chi connectivity index (χ1v) is 20.0. The summed E-state index contributed by atoms with van der Waals surface area (Å²) < 4.78 is 0. The average Bonchev–Trinajstić information content (AvgIpc) is 3.05. The zero-order valence-corrected chi connectivity index (χ0v) is 35.2. The molecule has 0 aromatic heterocycles. The van der Waals surface area contributed by atoms with Crippen LogP contribution in [0.4, 0.5) is 0 Å². The minimum Gasteiger partial charge on any atom is -0.478 e. The van der Waals surface area contributed by atoms with Crippen molar-refractivity contribution < 1.29 is 62.4 Å². The van der Waals surface area contributed by atoms with Gasteiger partial charge in [-0.3, -0.25) is 0 Å². The molecule has 0 amide bonds. The first-order valence-electron chi connectivity index (χ1n) is 20.0. The summed E-state index contributed by atoms with van der Waals surface area (Å²) in [6.45, 7) is 6.72. The third-order valence-corrected chi connectivity index (χ3v) is 8.20. The number of carboxylic acids is 3. The van der Waals surface area contributed by atoms with Gasteiger partial charge in [0.15, 0.2) is 0 Å². The second-order valence-electron chi connectivity index (χ2n) is 13.1. The molecule has 0 aliphatic heterocycles. The number of hydrogen-bond acceptors (Lipinski definition) is 3. The predicted octanol–water partition coefficient (Wildman–Crippen LogP) is 13.6. The van der Waals surface area contributed by atoms with Crippen LogP contribution in [0.15, 0.2) is 36.5 Å². The SMILES string of the molecule is CCCCCCCCCCCC=CC(=O)O.CCCCCCCCCCCC=CC(=O)O.CCCCCCCCCCCC=CC(=O)O.[Y]. The first-order chi connectivity index (χ1) is 23.3. The summed E-state index contributed by atoms with van der Waals surface area (Å²) in [6, 6.07) is 0. The van der Waals surface area contributed by atoms with E-state index in [-0.39, 0.29) is 32.7 Å². The molecule has 6 nitrogen and oxygen atoms in total. The van der Waals surface area contributed by atoms with Crippen molar-refractivity contribution in [3.63, 3.8) is 0 Å². The van der Waals surface area contributed by atoms with E-state index in [0.29, 0.717) is 0 Å². The molecular weight excluding hydrogens is 689 g/mol. The minimum absolute atomic E-state index is 0. The predicted molar refractivity (Wildman–Crippen MR) is 206 cm³/mol. The van der Waals surface area contributed by atoms with Crippen molar-refractivity contribution in [3.8, 4) is 0 Å². The van der Waals surface area contributed by atoms with Gasteiger partial charge < -0.3 is 15.3 Å². The molecule has 3 N–H and O–H groups in total. The number of carboxylic acid groups (broad SMARTS) is 3. The Morgan fingerprint density at radius 3 is 0.653 bits per heavy atom. The summed E-state index contributed by atoms with van der Waals surface area (Å²) in [4.78, 5) is 30.5. The summed E-state index contributed by atoms with van der Waals surface area (Å²) in [5.74, 6) is -2.51. The monoisotopic (exact) mass is 767 g/mol. The fourth-order valence-corrected chi connectivity index (χ4v) is 5.27. The van der Waals surface area contributed by atoms with Gasteiger partial charge in [-0.25, -0.2) is 14.4 Å². The number of carbonyl (C=O) groups is 3. The van der Waals surface area contributed by atoms with Gasteiger partial charge in [-0.2, -0.15) is 0 Å². The third kappa shape index (κ3) is 65.7. The second-order valence-corrected chi connectivity index (χ2v) is 13.1. The first kappa shape index (κ1) is 54.5. The Bertz CT molecular complexity index is 662. The van der Waals surface area contributed by atoms with E-state index in [9.17, 15) is 14.4 Å². The molecule has 7 heteroatoms. The van der Waals surface area contributed by atoms with Crippen LogP contribution in [0.5, 0.6) is 0 Å². The summed E-state index contributed by atoms with van der Waals surface area (Å²) in [5.41, 5.74) is 0. The van der Waals surface area contributed by atoms with Crippen LogP contribution < -0.4 is 0 Å². The van der Waals surface area contributed by atoms with Gasteiger partial charge in [0.05, 0.1) is 0 Å². The number of unbranched alkanes of at least 4 members (excludes halogenated alkanes) is 27. The molecule has 0 saturated heterocycles. The number of hydrogen-bond donors (Lipinski definition) is 3. The maximum Gasteiger partial charge on any atom is 0.327 e. The quantitative estimate of drug-likeness (QED) is 0.0453. The fourth-order valence-electron chi connectivity index (χ4n) is 5.27. The van der Waals surface area contributed by atoms with Gasteiger partial charge in [-0.1, -0.05) is 193 Å². The van der Waals surface area contributed by atoms with E-state index in [4.69, 9.17) is 15.3 Å². The van der Waals surface area contributed by atoms with E-state index < -0.39 is 17.9 Å². The van der Waals surface area contributed by atoms with Gasteiger partial charge in [0.25, 0.3) is 0 Å². The van der Waals surface area contributed by atoms with Gasteiger partial charge in [0, 0.05) is 50.9 Å². The Hall–Kier alpha value is -1.27. The van der Waals surface area contributed by atoms with Crippen molar-refractivity contribution in [2.24, 2.45) is 0 Å². The molecular formula is C42H78O6Y. The Morgan fingerprint density at radius 2 is 0.490 bits per heavy atom. The molecule has 0 aromatic rings. The molecule has 0 saturated carbocycles. The smallest absolute Gasteiger partial charge is 0.327 e. The molecule has 0 heterocycles. The molecule has 0 atom stereocenters. The van der Waals surface area contributed by atoms with Crippen LogP contribution in [0.3, 0.4) is 0 Å². The fraction of sp³-hybridized carbons (Fsp3) is 0.786. The maximum atomic E-state index is 10.2. The van der Waals surface area contributed by atoms with Crippen LogP contribution in [-0.2, 0) is 47.1 Å². The van der Waals surface area contributed by atoms with Crippen LogP contribution in [0.25, 0.3) is 0 Å². The van der Waals surface area contributed by atoms with E-state index in [1.165, 1.54) is 172 Å². The Morgan fingerprint density at radius 1 is 0.327 bits per heavy atom. The molecule has 0 unspecified atom stereocenters. The maximum absolute atomic E-state index is 10.2. The molecule has 0 bridgehead atoms. The van der Waals surface area contributed by atoms with E-state index >= 15 is 0 Å². The second kappa shape index (κ2) is 51.1. The molecule has 0 aromatic carbocycles. The van der Waals surface area contributed by atoms with Crippen LogP contribution in [0, 0.1) is 0 Å². The zero-order chi connectivity index (χ0) is 36.2. The van der Waals surface area contributed by atoms with Crippen molar-refractivity contribution in [2.45, 2.75) is 213 Å². The van der Waals surface area contributed by atoms with Gasteiger partial charge in [-0.15, -0.1) is 0 Å². The molecule has 1 radical (unpaired) electrons. The summed E-state index contributed by atoms with van der Waals surface area (Å²) >= 11 is 0. The largest absolute Gasteiger partial charge is 0.478 e. The standard InChI is InChI=1S/3C14H26O2.Y/c3*1-2-3-4-5-6-7-8-9-10-11-12-13-14(15)16;/h3*12-13H,2-11H2,1H3,(H,15,16);. The number of rotatable bonds is 33. The summed E-state index contributed by atoms with van der Waals surface area (Å²) in [6.07, 6.45) is 47.2. The average molecular weight is 768 g/mol. The van der Waals surface area contributed by atoms with Crippen molar-refractivity contribution in [3.05, 3.63) is 36.5 Å². The van der Waals surface area contributed by atoms with E-state index in [0.717, 1.165) is 38.5 Å². The Kier molecular flexibility index (Phi) is 56.9. The van der Waals surface area contributed by atoms with Crippen molar-refractivity contribution >= 4 is 17.9 Å². The van der Waals surface area contributed by atoms with Crippen LogP contribution in [0.2, 0.25) is 0 Å². The number of allylic oxidation sites excluding steroid dienone is 3. The zero-order valence-electron chi connectivity index (χ0n) is 32.3. The molecule has 0 spiro atoms. The molecule has 0 fully saturated rings. The van der Waals surface area contributed by atoms with Gasteiger partial charge >= 0.3 is 17.9 Å². The number of aliphatic carboxylic acids is 3. The molecule has 285 valence electrons. The molecule has 49 heavy (non-hydrogen) atoms. The Labute approximate surface area is 328 Å². The van der Waals surface area contributed by atoms with Crippen molar-refractivity contribution in [2.75, 3.05) is 0 Å². The topological polar surface area (TPSA) is 112 Å². The van der Waals surface area contributed by atoms with Gasteiger partial charge in [0.1, 0.15) is 0 Å². The van der Waals surface area contributed by atoms with Crippen molar-refractivity contribution in [1.82, 2.24) is 0 Å². The van der Waals surface area contributed by atoms with Crippen LogP contribution >= 0.6 is 0 Å². The minimum atomic E-state index is -0.837. The summed E-state index contributed by atoms with van der Waals surface area (Å²) in [5, 5.41) is 25.1. The molecule has 0 aliphatic rings. The summed E-state index contributed by atoms with van der Waals surface area (Å²) in [7, 11) is 0. The van der Waals surface area contributed by atoms with Crippen molar-refractivity contribution in [1.29, 1.82) is 0 Å². The molecule has 0 rings (SSSR count). The van der Waals surface area contributed by atoms with Crippen LogP contribution in [0.1, 0.15) is 213 Å². The van der Waals surface area contributed by atoms with Gasteiger partial charge in [-0.05, 0) is 38.5 Å². The van der Waals surface area contributed by atoms with Crippen LogP contribution in [-0.4, -0.2) is 33.2 Å². The van der Waals surface area contributed by atoms with E-state index in [2.05, 4.69) is 20.8 Å². The third-order valence-electron chi connectivity index (χ3n) is 8.20. The van der Waals surface area contributed by atoms with E-state index in [1.807, 2.05) is 0 Å². The molecule has 0 aliphatic carbocycles. The normalized spacial score (nSPS) is 10.8.